The number of nitrogens with zero attached hydrogens (tertiary/aromatic N) is 4. The zero-order chi connectivity index (χ0) is 18.1. The van der Waals surface area contributed by atoms with Crippen LogP contribution in [0.3, 0.4) is 0 Å². The first-order valence-electron chi connectivity index (χ1n) is 10.3. The van der Waals surface area contributed by atoms with E-state index in [2.05, 4.69) is 51.1 Å². The minimum Gasteiger partial charge on any atom is -0.356 e. The number of aliphatic imine (C=N–C) groups is 1. The van der Waals surface area contributed by atoms with Crippen molar-refractivity contribution in [2.24, 2.45) is 10.9 Å². The maximum Gasteiger partial charge on any atom is 0.191 e. The van der Waals surface area contributed by atoms with Crippen molar-refractivity contribution < 1.29 is 0 Å². The lowest BCUT2D eigenvalue weighted by Gasteiger charge is -2.35. The molecular formula is C19H40N6. The molecule has 2 N–H and O–H groups in total. The number of rotatable bonds is 8. The molecule has 0 saturated carbocycles. The largest absolute Gasteiger partial charge is 0.356 e. The molecule has 0 aromatic heterocycles. The van der Waals surface area contributed by atoms with E-state index in [9.17, 15) is 0 Å². The molecule has 2 saturated heterocycles. The Morgan fingerprint density at radius 2 is 1.76 bits per heavy atom. The Kier molecular flexibility index (Phi) is 8.99. The molecule has 2 atom stereocenters. The van der Waals surface area contributed by atoms with Crippen LogP contribution in [0.5, 0.6) is 0 Å². The summed E-state index contributed by atoms with van der Waals surface area (Å²) in [6.07, 6.45) is 2.63. The molecule has 0 aromatic rings. The van der Waals surface area contributed by atoms with E-state index >= 15 is 0 Å². The number of likely N-dealkylation sites (tertiary alicyclic amines) is 1. The molecule has 2 rings (SSSR count). The van der Waals surface area contributed by atoms with Gasteiger partial charge in [0.1, 0.15) is 0 Å². The van der Waals surface area contributed by atoms with Gasteiger partial charge in [-0.2, -0.15) is 0 Å². The Morgan fingerprint density at radius 1 is 1.04 bits per heavy atom. The number of hydrogen-bond acceptors (Lipinski definition) is 4. The molecule has 0 aromatic carbocycles. The van der Waals surface area contributed by atoms with Crippen LogP contribution in [0, 0.1) is 5.92 Å². The molecule has 0 radical (unpaired) electrons. The fraction of sp³-hybridized carbons (Fsp3) is 0.947. The molecule has 6 heteroatoms. The molecule has 2 heterocycles. The molecule has 146 valence electrons. The molecule has 2 fully saturated rings. The summed E-state index contributed by atoms with van der Waals surface area (Å²) in [5, 5.41) is 7.04. The second kappa shape index (κ2) is 11.0. The second-order valence-electron chi connectivity index (χ2n) is 7.60. The van der Waals surface area contributed by atoms with E-state index in [-0.39, 0.29) is 0 Å². The summed E-state index contributed by atoms with van der Waals surface area (Å²) in [6.45, 7) is 18.4. The van der Waals surface area contributed by atoms with Crippen LogP contribution in [0.2, 0.25) is 0 Å². The summed E-state index contributed by atoms with van der Waals surface area (Å²) >= 11 is 0. The predicted octanol–water partition coefficient (Wildman–Crippen LogP) is 0.909. The highest BCUT2D eigenvalue weighted by Gasteiger charge is 2.23. The van der Waals surface area contributed by atoms with Crippen molar-refractivity contribution in [2.45, 2.75) is 39.7 Å². The van der Waals surface area contributed by atoms with E-state index in [0.717, 1.165) is 25.6 Å². The van der Waals surface area contributed by atoms with Crippen LogP contribution in [0.15, 0.2) is 4.99 Å². The molecule has 0 bridgehead atoms. The highest BCUT2D eigenvalue weighted by Crippen LogP contribution is 2.15. The van der Waals surface area contributed by atoms with Gasteiger partial charge < -0.3 is 20.4 Å². The minimum atomic E-state index is 0.630. The number of piperazine rings is 1. The van der Waals surface area contributed by atoms with Gasteiger partial charge in [-0.3, -0.25) is 9.89 Å². The van der Waals surface area contributed by atoms with Crippen LogP contribution >= 0.6 is 0 Å². The van der Waals surface area contributed by atoms with Gasteiger partial charge in [-0.05, 0) is 38.4 Å². The van der Waals surface area contributed by atoms with Gasteiger partial charge in [0.15, 0.2) is 5.96 Å². The lowest BCUT2D eigenvalue weighted by atomic mass is 10.1. The summed E-state index contributed by atoms with van der Waals surface area (Å²) in [5.74, 6) is 1.58. The second-order valence-corrected chi connectivity index (χ2v) is 7.60. The minimum absolute atomic E-state index is 0.630. The first-order valence-corrected chi connectivity index (χ1v) is 10.3. The standard InChI is InChI=1S/C19H40N6/c1-5-23-10-12-24(13-11-23)16-17(3)14-21-19(20-4)22-15-18-8-7-9-25(18)6-2/h17-18H,5-16H2,1-4H3,(H2,20,21,22). The van der Waals surface area contributed by atoms with Crippen molar-refractivity contribution >= 4 is 5.96 Å². The number of likely N-dealkylation sites (N-methyl/N-ethyl adjacent to an activating group) is 2. The lowest BCUT2D eigenvalue weighted by molar-refractivity contribution is 0.124. The van der Waals surface area contributed by atoms with Crippen LogP contribution in [-0.4, -0.2) is 99.2 Å². The van der Waals surface area contributed by atoms with E-state index in [1.54, 1.807) is 0 Å². The maximum absolute atomic E-state index is 4.40. The molecule has 0 amide bonds. The average Bonchev–Trinajstić information content (AvgIpc) is 3.10. The Balaban J connectivity index is 1.63. The Hall–Kier alpha value is -0.850. The van der Waals surface area contributed by atoms with Gasteiger partial charge in [0.05, 0.1) is 0 Å². The molecule has 0 aliphatic carbocycles. The van der Waals surface area contributed by atoms with Crippen LogP contribution in [-0.2, 0) is 0 Å². The van der Waals surface area contributed by atoms with E-state index in [1.165, 1.54) is 58.7 Å². The third kappa shape index (κ3) is 6.76. The molecule has 2 aliphatic heterocycles. The van der Waals surface area contributed by atoms with Crippen molar-refractivity contribution in [3.8, 4) is 0 Å². The van der Waals surface area contributed by atoms with Gasteiger partial charge in [0.25, 0.3) is 0 Å². The Labute approximate surface area is 155 Å². The smallest absolute Gasteiger partial charge is 0.191 e. The van der Waals surface area contributed by atoms with Gasteiger partial charge >= 0.3 is 0 Å². The van der Waals surface area contributed by atoms with Gasteiger partial charge in [-0.15, -0.1) is 0 Å². The molecular weight excluding hydrogens is 312 g/mol. The monoisotopic (exact) mass is 352 g/mol. The van der Waals surface area contributed by atoms with Crippen molar-refractivity contribution in [1.82, 2.24) is 25.3 Å². The Bertz CT molecular complexity index is 391. The fourth-order valence-corrected chi connectivity index (χ4v) is 4.04. The molecule has 2 unspecified atom stereocenters. The lowest BCUT2D eigenvalue weighted by Crippen LogP contribution is -2.49. The number of guanidine groups is 1. The molecule has 6 nitrogen and oxygen atoms in total. The quantitative estimate of drug-likeness (QED) is 0.502. The SMILES string of the molecule is CCN1CCN(CC(C)CNC(=NC)NCC2CCCN2CC)CC1. The zero-order valence-electron chi connectivity index (χ0n) is 16.9. The normalized spacial score (nSPS) is 25.3. The van der Waals surface area contributed by atoms with Gasteiger partial charge in [0, 0.05) is 58.9 Å². The predicted molar refractivity (Wildman–Crippen MR) is 107 cm³/mol. The fourth-order valence-electron chi connectivity index (χ4n) is 4.04. The third-order valence-electron chi connectivity index (χ3n) is 5.73. The van der Waals surface area contributed by atoms with Gasteiger partial charge in [-0.1, -0.05) is 20.8 Å². The summed E-state index contributed by atoms with van der Waals surface area (Å²) in [7, 11) is 1.87. The summed E-state index contributed by atoms with van der Waals surface area (Å²) in [4.78, 5) is 12.1. The van der Waals surface area contributed by atoms with E-state index in [0.29, 0.717) is 12.0 Å². The summed E-state index contributed by atoms with van der Waals surface area (Å²) in [5.41, 5.74) is 0. The topological polar surface area (TPSA) is 46.1 Å². The molecule has 25 heavy (non-hydrogen) atoms. The van der Waals surface area contributed by atoms with Crippen LogP contribution in [0.4, 0.5) is 0 Å². The zero-order valence-corrected chi connectivity index (χ0v) is 16.9. The maximum atomic E-state index is 4.40. The summed E-state index contributed by atoms with van der Waals surface area (Å²) in [6, 6.07) is 0.663. The van der Waals surface area contributed by atoms with Gasteiger partial charge in [0.2, 0.25) is 0 Å². The number of nitrogens with one attached hydrogen (secondary N) is 2. The van der Waals surface area contributed by atoms with Crippen molar-refractivity contribution in [3.05, 3.63) is 0 Å². The van der Waals surface area contributed by atoms with Crippen LogP contribution in [0.1, 0.15) is 33.6 Å². The van der Waals surface area contributed by atoms with E-state index in [1.807, 2.05) is 7.05 Å². The third-order valence-corrected chi connectivity index (χ3v) is 5.73. The Morgan fingerprint density at radius 3 is 2.40 bits per heavy atom. The van der Waals surface area contributed by atoms with Crippen LogP contribution < -0.4 is 10.6 Å². The van der Waals surface area contributed by atoms with Crippen molar-refractivity contribution in [1.29, 1.82) is 0 Å². The number of hydrogen-bond donors (Lipinski definition) is 2. The first-order chi connectivity index (χ1) is 12.2. The van der Waals surface area contributed by atoms with Crippen LogP contribution in [0.25, 0.3) is 0 Å². The van der Waals surface area contributed by atoms with Crippen molar-refractivity contribution in [3.63, 3.8) is 0 Å². The first kappa shape index (κ1) is 20.5. The van der Waals surface area contributed by atoms with E-state index < -0.39 is 0 Å². The highest BCUT2D eigenvalue weighted by molar-refractivity contribution is 5.79. The molecule has 2 aliphatic rings. The van der Waals surface area contributed by atoms with E-state index in [4.69, 9.17) is 0 Å². The molecule has 0 spiro atoms. The van der Waals surface area contributed by atoms with Gasteiger partial charge in [-0.25, -0.2) is 0 Å². The van der Waals surface area contributed by atoms with Crippen molar-refractivity contribution in [2.75, 3.05) is 72.5 Å². The summed E-state index contributed by atoms with van der Waals surface area (Å²) < 4.78 is 0. The average molecular weight is 353 g/mol. The highest BCUT2D eigenvalue weighted by atomic mass is 15.3.